The molecule has 1 unspecified atom stereocenters. The summed E-state index contributed by atoms with van der Waals surface area (Å²) < 4.78 is 1.56. The predicted molar refractivity (Wildman–Crippen MR) is 66.5 cm³/mol. The molecule has 2 rings (SSSR count). The minimum atomic E-state index is 0.0149. The number of aryl methyl sites for hydroxylation is 1. The Kier molecular flexibility index (Phi) is 3.36. The molecule has 1 aliphatic rings. The number of nitrogens with two attached hydrogens (primary N) is 1. The van der Waals surface area contributed by atoms with Gasteiger partial charge in [-0.2, -0.15) is 5.10 Å². The lowest BCUT2D eigenvalue weighted by atomic mass is 10.0. The lowest BCUT2D eigenvalue weighted by Crippen LogP contribution is -2.31. The average Bonchev–Trinajstić information content (AvgIpc) is 2.87. The summed E-state index contributed by atoms with van der Waals surface area (Å²) in [5, 5.41) is 4.01. The zero-order valence-corrected chi connectivity index (χ0v) is 10.5. The molecule has 1 atom stereocenters. The molecule has 0 bridgehead atoms. The molecule has 1 saturated heterocycles. The van der Waals surface area contributed by atoms with Crippen molar-refractivity contribution in [1.82, 2.24) is 14.7 Å². The molecule has 0 aromatic carbocycles. The van der Waals surface area contributed by atoms with E-state index >= 15 is 0 Å². The van der Waals surface area contributed by atoms with E-state index in [-0.39, 0.29) is 5.91 Å². The summed E-state index contributed by atoms with van der Waals surface area (Å²) in [6, 6.07) is 0. The predicted octanol–water partition coefficient (Wildman–Crippen LogP) is 1.26. The van der Waals surface area contributed by atoms with E-state index in [1.54, 1.807) is 11.7 Å². The number of anilines is 1. The highest BCUT2D eigenvalue weighted by atomic mass is 16.2. The van der Waals surface area contributed by atoms with E-state index in [2.05, 4.69) is 12.0 Å². The van der Waals surface area contributed by atoms with Gasteiger partial charge < -0.3 is 10.6 Å². The van der Waals surface area contributed by atoms with Crippen molar-refractivity contribution in [2.45, 2.75) is 26.2 Å². The van der Waals surface area contributed by atoms with Crippen LogP contribution in [0, 0.1) is 5.92 Å². The van der Waals surface area contributed by atoms with Crippen molar-refractivity contribution < 1.29 is 4.79 Å². The second-order valence-electron chi connectivity index (χ2n) is 4.77. The van der Waals surface area contributed by atoms with Crippen molar-refractivity contribution in [3.63, 3.8) is 0 Å². The van der Waals surface area contributed by atoms with Crippen LogP contribution in [-0.4, -0.2) is 33.7 Å². The van der Waals surface area contributed by atoms with Gasteiger partial charge in [-0.15, -0.1) is 0 Å². The van der Waals surface area contributed by atoms with Gasteiger partial charge in [0.15, 0.2) is 0 Å². The number of nitrogens with zero attached hydrogens (tertiary/aromatic N) is 3. The van der Waals surface area contributed by atoms with E-state index in [9.17, 15) is 4.79 Å². The lowest BCUT2D eigenvalue weighted by molar-refractivity contribution is 0.0776. The first-order chi connectivity index (χ1) is 8.13. The smallest absolute Gasteiger partial charge is 0.274 e. The molecule has 0 spiro atoms. The fourth-order valence-electron chi connectivity index (χ4n) is 2.53. The van der Waals surface area contributed by atoms with Crippen LogP contribution in [-0.2, 0) is 7.05 Å². The molecule has 5 nitrogen and oxygen atoms in total. The third-order valence-electron chi connectivity index (χ3n) is 3.44. The summed E-state index contributed by atoms with van der Waals surface area (Å²) in [4.78, 5) is 14.2. The number of hydrogen-bond acceptors (Lipinski definition) is 3. The Labute approximate surface area is 102 Å². The van der Waals surface area contributed by atoms with Crippen LogP contribution in [0.3, 0.4) is 0 Å². The molecule has 1 fully saturated rings. The molecule has 1 amide bonds. The highest BCUT2D eigenvalue weighted by Gasteiger charge is 2.28. The van der Waals surface area contributed by atoms with Gasteiger partial charge in [0.1, 0.15) is 5.69 Å². The standard InChI is InChI=1S/C12H20N4O/c1-3-4-9-5-6-16(8-9)12(17)11-10(13)7-14-15(11)2/h7,9H,3-6,8,13H2,1-2H3. The molecule has 2 heterocycles. The highest BCUT2D eigenvalue weighted by molar-refractivity contribution is 5.97. The van der Waals surface area contributed by atoms with Gasteiger partial charge in [-0.1, -0.05) is 13.3 Å². The van der Waals surface area contributed by atoms with Gasteiger partial charge in [-0.25, -0.2) is 0 Å². The maximum absolute atomic E-state index is 12.3. The molecule has 1 aliphatic heterocycles. The van der Waals surface area contributed by atoms with E-state index in [0.29, 0.717) is 17.3 Å². The van der Waals surface area contributed by atoms with Gasteiger partial charge in [0.2, 0.25) is 0 Å². The van der Waals surface area contributed by atoms with Crippen molar-refractivity contribution in [3.8, 4) is 0 Å². The zero-order chi connectivity index (χ0) is 12.4. The first-order valence-electron chi connectivity index (χ1n) is 6.20. The molecular weight excluding hydrogens is 216 g/mol. The van der Waals surface area contributed by atoms with Crippen molar-refractivity contribution in [2.24, 2.45) is 13.0 Å². The molecule has 0 radical (unpaired) electrons. The quantitative estimate of drug-likeness (QED) is 0.859. The zero-order valence-electron chi connectivity index (χ0n) is 10.5. The third-order valence-corrected chi connectivity index (χ3v) is 3.44. The van der Waals surface area contributed by atoms with Crippen LogP contribution in [0.4, 0.5) is 5.69 Å². The molecule has 17 heavy (non-hydrogen) atoms. The fraction of sp³-hybridized carbons (Fsp3) is 0.667. The number of aromatic nitrogens is 2. The average molecular weight is 236 g/mol. The van der Waals surface area contributed by atoms with E-state index in [1.807, 2.05) is 4.90 Å². The van der Waals surface area contributed by atoms with Crippen LogP contribution in [0.25, 0.3) is 0 Å². The minimum Gasteiger partial charge on any atom is -0.396 e. The van der Waals surface area contributed by atoms with Gasteiger partial charge in [0.05, 0.1) is 11.9 Å². The van der Waals surface area contributed by atoms with E-state index in [4.69, 9.17) is 5.73 Å². The SMILES string of the molecule is CCCC1CCN(C(=O)c2c(N)cnn2C)C1. The topological polar surface area (TPSA) is 64.2 Å². The number of rotatable bonds is 3. The maximum atomic E-state index is 12.3. The minimum absolute atomic E-state index is 0.0149. The first kappa shape index (κ1) is 12.0. The van der Waals surface area contributed by atoms with Crippen LogP contribution in [0.5, 0.6) is 0 Å². The van der Waals surface area contributed by atoms with E-state index < -0.39 is 0 Å². The molecule has 2 N–H and O–H groups in total. The van der Waals surface area contributed by atoms with Crippen LogP contribution >= 0.6 is 0 Å². The van der Waals surface area contributed by atoms with Gasteiger partial charge in [-0.05, 0) is 18.8 Å². The monoisotopic (exact) mass is 236 g/mol. The van der Waals surface area contributed by atoms with Crippen LogP contribution < -0.4 is 5.73 Å². The van der Waals surface area contributed by atoms with Crippen molar-refractivity contribution >= 4 is 11.6 Å². The van der Waals surface area contributed by atoms with Crippen molar-refractivity contribution in [1.29, 1.82) is 0 Å². The van der Waals surface area contributed by atoms with Crippen LogP contribution in [0.15, 0.2) is 6.20 Å². The molecule has 1 aromatic rings. The van der Waals surface area contributed by atoms with Crippen molar-refractivity contribution in [3.05, 3.63) is 11.9 Å². The normalized spacial score (nSPS) is 19.9. The summed E-state index contributed by atoms with van der Waals surface area (Å²) in [6.07, 6.45) is 5.02. The summed E-state index contributed by atoms with van der Waals surface area (Å²) in [5.41, 5.74) is 6.76. The molecule has 1 aromatic heterocycles. The first-order valence-corrected chi connectivity index (χ1v) is 6.20. The number of carbonyl (C=O) groups excluding carboxylic acids is 1. The molecule has 94 valence electrons. The number of carbonyl (C=O) groups is 1. The van der Waals surface area contributed by atoms with Gasteiger partial charge in [-0.3, -0.25) is 9.48 Å². The summed E-state index contributed by atoms with van der Waals surface area (Å²) in [6.45, 7) is 3.88. The Hall–Kier alpha value is -1.52. The Morgan fingerprint density at radius 3 is 3.00 bits per heavy atom. The lowest BCUT2D eigenvalue weighted by Gasteiger charge is -2.16. The van der Waals surface area contributed by atoms with E-state index in [1.165, 1.54) is 19.0 Å². The highest BCUT2D eigenvalue weighted by Crippen LogP contribution is 2.23. The number of hydrogen-bond donors (Lipinski definition) is 1. The van der Waals surface area contributed by atoms with Gasteiger partial charge in [0.25, 0.3) is 5.91 Å². The Bertz CT molecular complexity index is 393. The molecule has 0 aliphatic carbocycles. The Balaban J connectivity index is 2.07. The van der Waals surface area contributed by atoms with Gasteiger partial charge >= 0.3 is 0 Å². The Morgan fingerprint density at radius 2 is 2.41 bits per heavy atom. The van der Waals surface area contributed by atoms with Crippen LogP contribution in [0.1, 0.15) is 36.7 Å². The number of likely N-dealkylation sites (tertiary alicyclic amines) is 1. The van der Waals surface area contributed by atoms with Crippen LogP contribution in [0.2, 0.25) is 0 Å². The van der Waals surface area contributed by atoms with Crippen molar-refractivity contribution in [2.75, 3.05) is 18.8 Å². The summed E-state index contributed by atoms with van der Waals surface area (Å²) in [7, 11) is 1.75. The largest absolute Gasteiger partial charge is 0.396 e. The summed E-state index contributed by atoms with van der Waals surface area (Å²) in [5.74, 6) is 0.666. The maximum Gasteiger partial charge on any atom is 0.274 e. The second kappa shape index (κ2) is 4.77. The summed E-state index contributed by atoms with van der Waals surface area (Å²) >= 11 is 0. The third kappa shape index (κ3) is 2.28. The molecule has 5 heteroatoms. The second-order valence-corrected chi connectivity index (χ2v) is 4.77. The number of amides is 1. The Morgan fingerprint density at radius 1 is 1.65 bits per heavy atom. The van der Waals surface area contributed by atoms with E-state index in [0.717, 1.165) is 19.5 Å². The molecule has 0 saturated carbocycles. The molecular formula is C12H20N4O. The number of nitrogen functional groups attached to an aromatic ring is 1. The fourth-order valence-corrected chi connectivity index (χ4v) is 2.53. The van der Waals surface area contributed by atoms with Gasteiger partial charge in [0, 0.05) is 20.1 Å².